The first-order chi connectivity index (χ1) is 9.16. The number of carboxylic acid groups (broad SMARTS) is 1. The van der Waals surface area contributed by atoms with Crippen molar-refractivity contribution in [2.75, 3.05) is 0 Å². The van der Waals surface area contributed by atoms with E-state index in [2.05, 4.69) is 0 Å². The number of carbonyl (C=O) groups is 1. The third-order valence-corrected chi connectivity index (χ3v) is 4.02. The molecule has 2 aromatic rings. The van der Waals surface area contributed by atoms with E-state index < -0.39 is 5.97 Å². The van der Waals surface area contributed by atoms with Crippen LogP contribution in [0.15, 0.2) is 30.3 Å². The zero-order chi connectivity index (χ0) is 13.4. The number of hydrogen-bond donors (Lipinski definition) is 1. The number of rotatable bonds is 2. The minimum absolute atomic E-state index is 0.247. The van der Waals surface area contributed by atoms with Crippen LogP contribution in [-0.2, 0) is 0 Å². The molecule has 3 rings (SSSR count). The smallest absolute Gasteiger partial charge is 0.335 e. The van der Waals surface area contributed by atoms with Gasteiger partial charge in [-0.15, -0.1) is 0 Å². The summed E-state index contributed by atoms with van der Waals surface area (Å²) in [7, 11) is 0. The van der Waals surface area contributed by atoms with E-state index in [0.29, 0.717) is 5.56 Å². The van der Waals surface area contributed by atoms with Crippen LogP contribution in [0.3, 0.4) is 0 Å². The van der Waals surface area contributed by atoms with Gasteiger partial charge in [0.2, 0.25) is 0 Å². The van der Waals surface area contributed by atoms with Crippen LogP contribution in [0.4, 0.5) is 4.39 Å². The van der Waals surface area contributed by atoms with E-state index in [4.69, 9.17) is 0 Å². The van der Waals surface area contributed by atoms with Crippen LogP contribution in [0.25, 0.3) is 10.8 Å². The van der Waals surface area contributed by atoms with Gasteiger partial charge < -0.3 is 5.11 Å². The summed E-state index contributed by atoms with van der Waals surface area (Å²) in [6.07, 6.45) is 4.23. The normalized spacial score (nSPS) is 16.1. The highest BCUT2D eigenvalue weighted by Crippen LogP contribution is 2.39. The largest absolute Gasteiger partial charge is 0.478 e. The van der Waals surface area contributed by atoms with E-state index in [1.165, 1.54) is 12.1 Å². The van der Waals surface area contributed by atoms with Crippen molar-refractivity contribution in [2.45, 2.75) is 31.6 Å². The van der Waals surface area contributed by atoms with Crippen LogP contribution in [0.2, 0.25) is 0 Å². The molecule has 3 heteroatoms. The lowest BCUT2D eigenvalue weighted by Gasteiger charge is -2.16. The molecule has 0 unspecified atom stereocenters. The van der Waals surface area contributed by atoms with Gasteiger partial charge in [-0.3, -0.25) is 0 Å². The fourth-order valence-corrected chi connectivity index (χ4v) is 3.16. The molecule has 0 aromatic heterocycles. The van der Waals surface area contributed by atoms with Crippen LogP contribution in [0.1, 0.15) is 47.5 Å². The van der Waals surface area contributed by atoms with Crippen molar-refractivity contribution in [3.05, 3.63) is 47.3 Å². The Kier molecular flexibility index (Phi) is 2.97. The van der Waals surface area contributed by atoms with Crippen molar-refractivity contribution in [2.24, 2.45) is 0 Å². The molecule has 2 nitrogen and oxygen atoms in total. The number of carboxylic acids is 1. The Bertz CT molecular complexity index is 642. The molecule has 0 atom stereocenters. The van der Waals surface area contributed by atoms with Gasteiger partial charge in [0.1, 0.15) is 5.82 Å². The summed E-state index contributed by atoms with van der Waals surface area (Å²) in [6.45, 7) is 0. The van der Waals surface area contributed by atoms with Gasteiger partial charge in [0.15, 0.2) is 0 Å². The fourth-order valence-electron chi connectivity index (χ4n) is 3.16. The van der Waals surface area contributed by atoms with E-state index in [9.17, 15) is 14.3 Å². The summed E-state index contributed by atoms with van der Waals surface area (Å²) in [5, 5.41) is 11.0. The van der Waals surface area contributed by atoms with Crippen molar-refractivity contribution < 1.29 is 14.3 Å². The summed E-state index contributed by atoms with van der Waals surface area (Å²) in [6, 6.07) is 8.01. The molecule has 98 valence electrons. The van der Waals surface area contributed by atoms with Gasteiger partial charge in [-0.25, -0.2) is 9.18 Å². The highest BCUT2D eigenvalue weighted by Gasteiger charge is 2.24. The molecule has 0 spiro atoms. The zero-order valence-electron chi connectivity index (χ0n) is 10.5. The first-order valence-corrected chi connectivity index (χ1v) is 6.62. The van der Waals surface area contributed by atoms with Gasteiger partial charge in [0.05, 0.1) is 5.56 Å². The zero-order valence-corrected chi connectivity index (χ0v) is 10.5. The van der Waals surface area contributed by atoms with Gasteiger partial charge in [-0.05, 0) is 53.3 Å². The van der Waals surface area contributed by atoms with Crippen LogP contribution in [0.5, 0.6) is 0 Å². The third kappa shape index (κ3) is 2.09. The van der Waals surface area contributed by atoms with Gasteiger partial charge in [-0.2, -0.15) is 0 Å². The predicted molar refractivity (Wildman–Crippen MR) is 72.1 cm³/mol. The van der Waals surface area contributed by atoms with E-state index >= 15 is 0 Å². The quantitative estimate of drug-likeness (QED) is 0.870. The summed E-state index contributed by atoms with van der Waals surface area (Å²) in [4.78, 5) is 11.4. The Hall–Kier alpha value is -1.90. The van der Waals surface area contributed by atoms with E-state index in [1.54, 1.807) is 18.2 Å². The van der Waals surface area contributed by atoms with E-state index in [-0.39, 0.29) is 11.7 Å². The number of fused-ring (bicyclic) bond motifs is 1. The lowest BCUT2D eigenvalue weighted by Crippen LogP contribution is -2.06. The summed E-state index contributed by atoms with van der Waals surface area (Å²) in [5.74, 6) is -0.987. The van der Waals surface area contributed by atoms with Crippen LogP contribution >= 0.6 is 0 Å². The monoisotopic (exact) mass is 258 g/mol. The first kappa shape index (κ1) is 12.2. The van der Waals surface area contributed by atoms with Crippen LogP contribution in [0, 0.1) is 5.82 Å². The van der Waals surface area contributed by atoms with Crippen molar-refractivity contribution in [3.63, 3.8) is 0 Å². The topological polar surface area (TPSA) is 37.3 Å². The summed E-state index contributed by atoms with van der Waals surface area (Å²) >= 11 is 0. The number of benzene rings is 2. The molecular formula is C16H15FO2. The second kappa shape index (κ2) is 4.65. The van der Waals surface area contributed by atoms with Gasteiger partial charge >= 0.3 is 5.97 Å². The molecule has 1 saturated carbocycles. The minimum Gasteiger partial charge on any atom is -0.478 e. The van der Waals surface area contributed by atoms with Gasteiger partial charge in [-0.1, -0.05) is 25.0 Å². The number of aromatic carboxylic acids is 1. The van der Waals surface area contributed by atoms with Crippen LogP contribution in [-0.4, -0.2) is 11.1 Å². The summed E-state index contributed by atoms with van der Waals surface area (Å²) < 4.78 is 13.5. The van der Waals surface area contributed by atoms with Gasteiger partial charge in [0.25, 0.3) is 0 Å². The Morgan fingerprint density at radius 1 is 1.16 bits per heavy atom. The molecule has 1 aliphatic carbocycles. The highest BCUT2D eigenvalue weighted by molar-refractivity contribution is 5.98. The molecule has 0 radical (unpaired) electrons. The first-order valence-electron chi connectivity index (χ1n) is 6.62. The SMILES string of the molecule is O=C(O)c1ccc2ccc(F)cc2c1C1CCCC1. The van der Waals surface area contributed by atoms with Gasteiger partial charge in [0, 0.05) is 0 Å². The second-order valence-electron chi connectivity index (χ2n) is 5.18. The molecule has 1 fully saturated rings. The van der Waals surface area contributed by atoms with Crippen LogP contribution < -0.4 is 0 Å². The second-order valence-corrected chi connectivity index (χ2v) is 5.18. The molecule has 1 aliphatic rings. The number of halogens is 1. The standard InChI is InChI=1S/C16H15FO2/c17-12-7-5-10-6-8-13(16(18)19)15(14(10)9-12)11-3-1-2-4-11/h5-9,11H,1-4H2,(H,18,19). The molecule has 0 saturated heterocycles. The lowest BCUT2D eigenvalue weighted by molar-refractivity contribution is 0.0695. The highest BCUT2D eigenvalue weighted by atomic mass is 19.1. The van der Waals surface area contributed by atoms with Crippen molar-refractivity contribution in [1.29, 1.82) is 0 Å². The fraction of sp³-hybridized carbons (Fsp3) is 0.312. The Morgan fingerprint density at radius 2 is 1.84 bits per heavy atom. The molecule has 0 heterocycles. The minimum atomic E-state index is -0.923. The number of hydrogen-bond acceptors (Lipinski definition) is 1. The Labute approximate surface area is 110 Å². The maximum absolute atomic E-state index is 13.5. The average molecular weight is 258 g/mol. The Morgan fingerprint density at radius 3 is 2.53 bits per heavy atom. The molecule has 2 aromatic carbocycles. The van der Waals surface area contributed by atoms with Crippen molar-refractivity contribution >= 4 is 16.7 Å². The molecule has 1 N–H and O–H groups in total. The molecule has 19 heavy (non-hydrogen) atoms. The molecular weight excluding hydrogens is 243 g/mol. The Balaban J connectivity index is 2.30. The van der Waals surface area contributed by atoms with Crippen molar-refractivity contribution in [1.82, 2.24) is 0 Å². The van der Waals surface area contributed by atoms with Crippen molar-refractivity contribution in [3.8, 4) is 0 Å². The lowest BCUT2D eigenvalue weighted by atomic mass is 9.88. The maximum Gasteiger partial charge on any atom is 0.335 e. The predicted octanol–water partition coefficient (Wildman–Crippen LogP) is 4.33. The maximum atomic E-state index is 13.5. The molecule has 0 bridgehead atoms. The molecule has 0 aliphatic heterocycles. The third-order valence-electron chi connectivity index (χ3n) is 4.02. The van der Waals surface area contributed by atoms with E-state index in [0.717, 1.165) is 42.0 Å². The van der Waals surface area contributed by atoms with E-state index in [1.807, 2.05) is 0 Å². The molecule has 0 amide bonds. The summed E-state index contributed by atoms with van der Waals surface area (Å²) in [5.41, 5.74) is 1.15. The average Bonchev–Trinajstić information content (AvgIpc) is 2.90.